The maximum absolute atomic E-state index is 13.2. The summed E-state index contributed by atoms with van der Waals surface area (Å²) in [6.07, 6.45) is 4.18. The highest BCUT2D eigenvalue weighted by Gasteiger charge is 2.29. The lowest BCUT2D eigenvalue weighted by Gasteiger charge is -2.33. The third kappa shape index (κ3) is 4.42. The summed E-state index contributed by atoms with van der Waals surface area (Å²) in [4.78, 5) is 29.8. The van der Waals surface area contributed by atoms with E-state index >= 15 is 0 Å². The van der Waals surface area contributed by atoms with E-state index in [0.29, 0.717) is 22.7 Å². The van der Waals surface area contributed by atoms with Crippen molar-refractivity contribution in [3.8, 4) is 11.8 Å². The van der Waals surface area contributed by atoms with Crippen LogP contribution in [0.5, 0.6) is 0 Å². The van der Waals surface area contributed by atoms with Crippen molar-refractivity contribution in [3.05, 3.63) is 45.7 Å². The lowest BCUT2D eigenvalue weighted by molar-refractivity contribution is 0.100. The van der Waals surface area contributed by atoms with Crippen LogP contribution in [0, 0.1) is 17.7 Å². The summed E-state index contributed by atoms with van der Waals surface area (Å²) in [6.45, 7) is 1.45. The van der Waals surface area contributed by atoms with Crippen LogP contribution in [-0.4, -0.2) is 36.1 Å². The van der Waals surface area contributed by atoms with Crippen molar-refractivity contribution >= 4 is 29.0 Å². The van der Waals surface area contributed by atoms with Crippen molar-refractivity contribution in [1.29, 1.82) is 0 Å². The Morgan fingerprint density at radius 3 is 2.74 bits per heavy atom. The third-order valence-corrected chi connectivity index (χ3v) is 5.16. The van der Waals surface area contributed by atoms with Gasteiger partial charge in [0.05, 0.1) is 22.8 Å². The molecule has 2 aromatic rings. The zero-order chi connectivity index (χ0) is 19.4. The summed E-state index contributed by atoms with van der Waals surface area (Å²) < 4.78 is 13.2. The monoisotopic (exact) mass is 387 g/mol. The Morgan fingerprint density at radius 2 is 2.11 bits per heavy atom. The summed E-state index contributed by atoms with van der Waals surface area (Å²) in [6, 6.07) is 2.05. The highest BCUT2D eigenvalue weighted by atomic mass is 32.1. The number of aromatic nitrogens is 1. The first-order valence-corrected chi connectivity index (χ1v) is 9.13. The zero-order valence-corrected chi connectivity index (χ0v) is 15.2. The number of carbonyl (C=O) groups is 2. The second kappa shape index (κ2) is 8.16. The SMILES string of the molecule is NC(=O)c1sc(C#Cc2cncc(F)c2)cc1N(C(N)=O)[C@H]1CCCNC1. The van der Waals surface area contributed by atoms with Gasteiger partial charge in [0.25, 0.3) is 5.91 Å². The van der Waals surface area contributed by atoms with E-state index < -0.39 is 17.8 Å². The van der Waals surface area contributed by atoms with Gasteiger partial charge in [-0.15, -0.1) is 11.3 Å². The molecule has 140 valence electrons. The number of anilines is 1. The second-order valence-electron chi connectivity index (χ2n) is 6.04. The van der Waals surface area contributed by atoms with Crippen molar-refractivity contribution in [2.45, 2.75) is 18.9 Å². The molecule has 0 spiro atoms. The Kier molecular flexibility index (Phi) is 5.69. The number of nitrogens with one attached hydrogen (secondary N) is 1. The number of halogens is 1. The first kappa shape index (κ1) is 18.8. The standard InChI is InChI=1S/C18H18FN5O2S/c19-12-6-11(8-23-9-12)3-4-14-7-15(16(27-14)17(20)25)24(18(21)26)13-2-1-5-22-10-13/h6-9,13,22H,1-2,5,10H2,(H2,20,25)(H2,21,26)/t13-/m0/s1. The Hall–Kier alpha value is -2.96. The maximum Gasteiger partial charge on any atom is 0.319 e. The summed E-state index contributed by atoms with van der Waals surface area (Å²) in [5, 5.41) is 3.21. The van der Waals surface area contributed by atoms with Gasteiger partial charge in [-0.25, -0.2) is 9.18 Å². The first-order chi connectivity index (χ1) is 13.0. The molecule has 0 bridgehead atoms. The molecular weight excluding hydrogens is 369 g/mol. The predicted molar refractivity (Wildman–Crippen MR) is 101 cm³/mol. The zero-order valence-electron chi connectivity index (χ0n) is 14.4. The molecule has 0 unspecified atom stereocenters. The number of carbonyl (C=O) groups excluding carboxylic acids is 2. The fraction of sp³-hybridized carbons (Fsp3) is 0.278. The van der Waals surface area contributed by atoms with Gasteiger partial charge in [0.1, 0.15) is 10.7 Å². The smallest absolute Gasteiger partial charge is 0.319 e. The number of piperidine rings is 1. The number of hydrogen-bond donors (Lipinski definition) is 3. The van der Waals surface area contributed by atoms with Gasteiger partial charge in [-0.05, 0) is 31.5 Å². The van der Waals surface area contributed by atoms with E-state index in [4.69, 9.17) is 11.5 Å². The van der Waals surface area contributed by atoms with E-state index in [2.05, 4.69) is 22.1 Å². The van der Waals surface area contributed by atoms with Crippen LogP contribution in [0.3, 0.4) is 0 Å². The topological polar surface area (TPSA) is 114 Å². The molecule has 27 heavy (non-hydrogen) atoms. The van der Waals surface area contributed by atoms with Crippen molar-refractivity contribution in [2.24, 2.45) is 11.5 Å². The predicted octanol–water partition coefficient (Wildman–Crippen LogP) is 1.42. The van der Waals surface area contributed by atoms with E-state index in [9.17, 15) is 14.0 Å². The molecule has 0 saturated carbocycles. The van der Waals surface area contributed by atoms with Crippen molar-refractivity contribution in [1.82, 2.24) is 10.3 Å². The molecular formula is C18H18FN5O2S. The van der Waals surface area contributed by atoms with Crippen molar-refractivity contribution in [2.75, 3.05) is 18.0 Å². The van der Waals surface area contributed by atoms with Gasteiger partial charge in [0.2, 0.25) is 0 Å². The highest BCUT2D eigenvalue weighted by Crippen LogP contribution is 2.32. The Bertz CT molecular complexity index is 927. The first-order valence-electron chi connectivity index (χ1n) is 8.31. The number of rotatable bonds is 3. The van der Waals surface area contributed by atoms with Gasteiger partial charge in [0.15, 0.2) is 0 Å². The average molecular weight is 387 g/mol. The normalized spacial score (nSPS) is 16.3. The Balaban J connectivity index is 1.97. The molecule has 1 saturated heterocycles. The molecule has 1 atom stereocenters. The van der Waals surface area contributed by atoms with Crippen LogP contribution in [0.1, 0.15) is 33.0 Å². The van der Waals surface area contributed by atoms with Crippen LogP contribution in [0.4, 0.5) is 14.9 Å². The number of hydrogen-bond acceptors (Lipinski definition) is 5. The highest BCUT2D eigenvalue weighted by molar-refractivity contribution is 7.15. The number of urea groups is 1. The second-order valence-corrected chi connectivity index (χ2v) is 7.09. The molecule has 9 heteroatoms. The van der Waals surface area contributed by atoms with E-state index in [-0.39, 0.29) is 10.9 Å². The molecule has 0 aromatic carbocycles. The minimum atomic E-state index is -0.662. The van der Waals surface area contributed by atoms with Gasteiger partial charge in [-0.2, -0.15) is 0 Å². The van der Waals surface area contributed by atoms with Gasteiger partial charge < -0.3 is 16.8 Å². The Morgan fingerprint density at radius 1 is 1.30 bits per heavy atom. The molecule has 3 heterocycles. The lowest BCUT2D eigenvalue weighted by atomic mass is 10.1. The summed E-state index contributed by atoms with van der Waals surface area (Å²) in [5.41, 5.74) is 11.8. The number of thiophene rings is 1. The van der Waals surface area contributed by atoms with E-state index in [1.165, 1.54) is 17.2 Å². The maximum atomic E-state index is 13.2. The summed E-state index contributed by atoms with van der Waals surface area (Å²) in [7, 11) is 0. The van der Waals surface area contributed by atoms with E-state index in [0.717, 1.165) is 36.9 Å². The molecule has 3 rings (SSSR count). The molecule has 3 amide bonds. The van der Waals surface area contributed by atoms with Gasteiger partial charge in [0, 0.05) is 18.3 Å². The number of primary amides is 2. The molecule has 0 aliphatic carbocycles. The minimum Gasteiger partial charge on any atom is -0.365 e. The number of nitrogens with zero attached hydrogens (tertiary/aromatic N) is 2. The van der Waals surface area contributed by atoms with Crippen molar-refractivity contribution < 1.29 is 14.0 Å². The van der Waals surface area contributed by atoms with Crippen LogP contribution in [-0.2, 0) is 0 Å². The van der Waals surface area contributed by atoms with Gasteiger partial charge in [-0.1, -0.05) is 11.8 Å². The summed E-state index contributed by atoms with van der Waals surface area (Å²) >= 11 is 1.07. The minimum absolute atomic E-state index is 0.169. The molecule has 2 aromatic heterocycles. The molecule has 7 nitrogen and oxygen atoms in total. The van der Waals surface area contributed by atoms with Crippen LogP contribution < -0.4 is 21.7 Å². The molecule has 1 fully saturated rings. The number of amides is 3. The fourth-order valence-electron chi connectivity index (χ4n) is 2.96. The summed E-state index contributed by atoms with van der Waals surface area (Å²) in [5.74, 6) is 4.50. The molecule has 5 N–H and O–H groups in total. The Labute approximate surface area is 159 Å². The van der Waals surface area contributed by atoms with Crippen LogP contribution in [0.15, 0.2) is 24.5 Å². The number of nitrogens with two attached hydrogens (primary N) is 2. The average Bonchev–Trinajstić information content (AvgIpc) is 3.05. The largest absolute Gasteiger partial charge is 0.365 e. The van der Waals surface area contributed by atoms with E-state index in [1.54, 1.807) is 6.07 Å². The molecule has 0 radical (unpaired) electrons. The van der Waals surface area contributed by atoms with Crippen molar-refractivity contribution in [3.63, 3.8) is 0 Å². The number of pyridine rings is 1. The quantitative estimate of drug-likeness (QED) is 0.691. The van der Waals surface area contributed by atoms with E-state index in [1.807, 2.05) is 0 Å². The van der Waals surface area contributed by atoms with Crippen LogP contribution >= 0.6 is 11.3 Å². The van der Waals surface area contributed by atoms with Crippen LogP contribution in [0.2, 0.25) is 0 Å². The van der Waals surface area contributed by atoms with Gasteiger partial charge >= 0.3 is 6.03 Å². The fourth-order valence-corrected chi connectivity index (χ4v) is 3.82. The lowest BCUT2D eigenvalue weighted by Crippen LogP contribution is -2.51. The third-order valence-electron chi connectivity index (χ3n) is 4.10. The van der Waals surface area contributed by atoms with Gasteiger partial charge in [-0.3, -0.25) is 14.7 Å². The van der Waals surface area contributed by atoms with Crippen LogP contribution in [0.25, 0.3) is 0 Å². The molecule has 1 aliphatic heterocycles. The molecule has 1 aliphatic rings.